The van der Waals surface area contributed by atoms with E-state index in [1.807, 2.05) is 30.1 Å². The predicted octanol–water partition coefficient (Wildman–Crippen LogP) is 4.25. The molecule has 31 heavy (non-hydrogen) atoms. The molecule has 1 atom stereocenters. The van der Waals surface area contributed by atoms with Gasteiger partial charge in [0.05, 0.1) is 35.5 Å². The van der Waals surface area contributed by atoms with Crippen LogP contribution in [0.1, 0.15) is 36.2 Å². The zero-order valence-corrected chi connectivity index (χ0v) is 18.8. The van der Waals surface area contributed by atoms with Crippen molar-refractivity contribution in [1.29, 1.82) is 0 Å². The predicted molar refractivity (Wildman–Crippen MR) is 122 cm³/mol. The van der Waals surface area contributed by atoms with Crippen LogP contribution < -0.4 is 5.32 Å². The second kappa shape index (κ2) is 6.86. The van der Waals surface area contributed by atoms with Crippen molar-refractivity contribution in [2.45, 2.75) is 43.9 Å². The van der Waals surface area contributed by atoms with Gasteiger partial charge in [-0.2, -0.15) is 5.10 Å². The van der Waals surface area contributed by atoms with Crippen LogP contribution in [0.25, 0.3) is 5.69 Å². The maximum Gasteiger partial charge on any atom is 0.104 e. The van der Waals surface area contributed by atoms with Crippen LogP contribution in [-0.2, 0) is 23.9 Å². The molecule has 0 amide bonds. The van der Waals surface area contributed by atoms with Crippen LogP contribution >= 0.6 is 11.6 Å². The molecule has 7 heteroatoms. The molecule has 3 aromatic rings. The number of aryl methyl sites for hydroxylation is 1. The fourth-order valence-electron chi connectivity index (χ4n) is 5.67. The van der Waals surface area contributed by atoms with Crippen LogP contribution in [0.3, 0.4) is 0 Å². The number of nitrogens with one attached hydrogen (secondary N) is 1. The first kappa shape index (κ1) is 19.4. The fraction of sp³-hybridized carbons (Fsp3) is 0.458. The Kier molecular flexibility index (Phi) is 4.29. The number of rotatable bonds is 2. The first-order chi connectivity index (χ1) is 15.0. The highest BCUT2D eigenvalue weighted by molar-refractivity contribution is 6.31. The van der Waals surface area contributed by atoms with Crippen LogP contribution in [0.4, 0.5) is 5.69 Å². The number of benzene rings is 1. The maximum absolute atomic E-state index is 6.62. The molecule has 162 valence electrons. The highest BCUT2D eigenvalue weighted by atomic mass is 35.5. The van der Waals surface area contributed by atoms with Crippen molar-refractivity contribution in [1.82, 2.24) is 19.2 Å². The Morgan fingerprint density at radius 1 is 1.23 bits per heavy atom. The van der Waals surface area contributed by atoms with Crippen LogP contribution in [0, 0.1) is 6.92 Å². The smallest absolute Gasteiger partial charge is 0.104 e. The Bertz CT molecular complexity index is 1140. The van der Waals surface area contributed by atoms with Gasteiger partial charge < -0.3 is 14.6 Å². The van der Waals surface area contributed by atoms with Crippen molar-refractivity contribution in [2.75, 3.05) is 25.0 Å². The molecular formula is C24H28ClN5O. The van der Waals surface area contributed by atoms with E-state index in [0.29, 0.717) is 6.61 Å². The molecule has 5 heterocycles. The van der Waals surface area contributed by atoms with Crippen molar-refractivity contribution in [3.63, 3.8) is 0 Å². The summed E-state index contributed by atoms with van der Waals surface area (Å²) in [6.45, 7) is 5.89. The van der Waals surface area contributed by atoms with Crippen molar-refractivity contribution < 1.29 is 4.74 Å². The van der Waals surface area contributed by atoms with Gasteiger partial charge in [-0.15, -0.1) is 0 Å². The highest BCUT2D eigenvalue weighted by Crippen LogP contribution is 2.50. The Morgan fingerprint density at radius 2 is 2.06 bits per heavy atom. The van der Waals surface area contributed by atoms with Gasteiger partial charge in [-0.25, -0.2) is 0 Å². The maximum atomic E-state index is 6.62. The van der Waals surface area contributed by atoms with Gasteiger partial charge >= 0.3 is 0 Å². The molecule has 0 saturated carbocycles. The second-order valence-electron chi connectivity index (χ2n) is 9.44. The molecule has 2 saturated heterocycles. The van der Waals surface area contributed by atoms with Crippen molar-refractivity contribution in [3.05, 3.63) is 64.7 Å². The van der Waals surface area contributed by atoms with Gasteiger partial charge in [0.2, 0.25) is 0 Å². The molecule has 2 fully saturated rings. The topological polar surface area (TPSA) is 47.2 Å². The van der Waals surface area contributed by atoms with E-state index in [9.17, 15) is 0 Å². The number of halogens is 1. The molecular weight excluding hydrogens is 410 g/mol. The third-order valence-corrected chi connectivity index (χ3v) is 7.81. The lowest BCUT2D eigenvalue weighted by molar-refractivity contribution is -0.0452. The number of likely N-dealkylation sites (tertiary alicyclic amines) is 1. The largest absolute Gasteiger partial charge is 0.372 e. The van der Waals surface area contributed by atoms with Gasteiger partial charge in [0.15, 0.2) is 0 Å². The van der Waals surface area contributed by atoms with E-state index < -0.39 is 0 Å². The summed E-state index contributed by atoms with van der Waals surface area (Å²) < 4.78 is 10.9. The van der Waals surface area contributed by atoms with E-state index in [-0.39, 0.29) is 11.1 Å². The lowest BCUT2D eigenvalue weighted by atomic mass is 9.79. The molecule has 1 aromatic carbocycles. The molecule has 2 aromatic heterocycles. The summed E-state index contributed by atoms with van der Waals surface area (Å²) in [4.78, 5) is 2.54. The fourth-order valence-corrected chi connectivity index (χ4v) is 5.85. The van der Waals surface area contributed by atoms with Gasteiger partial charge in [0, 0.05) is 55.6 Å². The molecule has 1 N–H and O–H groups in total. The number of nitrogens with zero attached hydrogens (tertiary/aromatic N) is 4. The first-order valence-electron chi connectivity index (χ1n) is 11.1. The molecule has 0 radical (unpaired) electrons. The lowest BCUT2D eigenvalue weighted by Gasteiger charge is -2.41. The quantitative estimate of drug-likeness (QED) is 0.651. The van der Waals surface area contributed by atoms with Gasteiger partial charge in [-0.3, -0.25) is 9.58 Å². The minimum atomic E-state index is -0.205. The van der Waals surface area contributed by atoms with Gasteiger partial charge in [0.25, 0.3) is 0 Å². The molecule has 0 bridgehead atoms. The first-order valence-corrected chi connectivity index (χ1v) is 11.4. The molecule has 0 unspecified atom stereocenters. The number of anilines is 1. The second-order valence-corrected chi connectivity index (χ2v) is 9.87. The van der Waals surface area contributed by atoms with E-state index in [2.05, 4.69) is 51.2 Å². The Balaban J connectivity index is 1.22. The Labute approximate surface area is 187 Å². The number of fused-ring (bicyclic) bond motifs is 4. The number of ether oxygens (including phenoxy) is 1. The van der Waals surface area contributed by atoms with Crippen LogP contribution in [0.2, 0.25) is 5.02 Å². The average molecular weight is 438 g/mol. The van der Waals surface area contributed by atoms with Crippen LogP contribution in [-0.4, -0.2) is 44.5 Å². The molecule has 3 aliphatic heterocycles. The normalized spacial score (nSPS) is 24.4. The molecule has 0 aliphatic carbocycles. The lowest BCUT2D eigenvalue weighted by Crippen LogP contribution is -2.46. The van der Waals surface area contributed by atoms with E-state index in [1.165, 1.54) is 17.0 Å². The van der Waals surface area contributed by atoms with Crippen molar-refractivity contribution in [3.8, 4) is 5.69 Å². The van der Waals surface area contributed by atoms with E-state index in [0.717, 1.165) is 55.3 Å². The Morgan fingerprint density at radius 3 is 2.84 bits per heavy atom. The number of hydrogen-bond donors (Lipinski definition) is 1. The molecule has 3 aliphatic rings. The summed E-state index contributed by atoms with van der Waals surface area (Å²) in [5.41, 5.74) is 5.82. The van der Waals surface area contributed by atoms with E-state index >= 15 is 0 Å². The monoisotopic (exact) mass is 437 g/mol. The van der Waals surface area contributed by atoms with Crippen molar-refractivity contribution >= 4 is 17.3 Å². The third-order valence-electron chi connectivity index (χ3n) is 7.58. The minimum absolute atomic E-state index is 0.0708. The molecule has 6 nitrogen and oxygen atoms in total. The SMILES string of the molecule is Cc1c(CN2CCC3(CC2)C[C@@]2(CO3)Nc3cc(Cl)ccc3-n3cccc32)cnn1C. The van der Waals surface area contributed by atoms with Crippen LogP contribution in [0.15, 0.2) is 42.7 Å². The zero-order valence-electron chi connectivity index (χ0n) is 18.1. The van der Waals surface area contributed by atoms with Gasteiger partial charge in [-0.05, 0) is 50.1 Å². The number of piperidine rings is 1. The standard InChI is InChI=1S/C24H28ClN5O/c1-17-18(13-26-28(17)2)14-29-10-7-23(8-11-29)15-24(16-31-23)22-4-3-9-30(22)21-6-5-19(25)12-20(21)27-24/h3-6,9,12-13,27H,7-8,10-11,14-16H2,1-2H3/t24-/m0/s1. The van der Waals surface area contributed by atoms with Gasteiger partial charge in [-0.1, -0.05) is 11.6 Å². The average Bonchev–Trinajstić information content (AvgIpc) is 3.46. The summed E-state index contributed by atoms with van der Waals surface area (Å²) in [5, 5.41) is 8.98. The van der Waals surface area contributed by atoms with E-state index in [4.69, 9.17) is 16.3 Å². The summed E-state index contributed by atoms with van der Waals surface area (Å²) in [6, 6.07) is 10.4. The number of aromatic nitrogens is 3. The molecule has 2 spiro atoms. The zero-order chi connectivity index (χ0) is 21.2. The van der Waals surface area contributed by atoms with E-state index in [1.54, 1.807) is 0 Å². The summed E-state index contributed by atoms with van der Waals surface area (Å²) in [7, 11) is 2.01. The highest BCUT2D eigenvalue weighted by Gasteiger charge is 2.53. The summed E-state index contributed by atoms with van der Waals surface area (Å²) in [5.74, 6) is 0. The Hall–Kier alpha value is -2.28. The van der Waals surface area contributed by atoms with Crippen LogP contribution in [0.5, 0.6) is 0 Å². The number of hydrogen-bond acceptors (Lipinski definition) is 4. The minimum Gasteiger partial charge on any atom is -0.372 e. The van der Waals surface area contributed by atoms with Gasteiger partial charge in [0.1, 0.15) is 5.54 Å². The summed E-state index contributed by atoms with van der Waals surface area (Å²) in [6.07, 6.45) is 7.24. The molecule has 6 rings (SSSR count). The summed E-state index contributed by atoms with van der Waals surface area (Å²) >= 11 is 6.32. The third kappa shape index (κ3) is 3.04. The van der Waals surface area contributed by atoms with Crippen molar-refractivity contribution in [2.24, 2.45) is 7.05 Å².